The Bertz CT molecular complexity index is 1280. The lowest BCUT2D eigenvalue weighted by atomic mass is 10.1. The fraction of sp³-hybridized carbons (Fsp3) is 0.241. The molecule has 0 aliphatic heterocycles. The molecule has 35 heavy (non-hydrogen) atoms. The second kappa shape index (κ2) is 11.7. The molecule has 6 heteroatoms. The van der Waals surface area contributed by atoms with Gasteiger partial charge in [-0.25, -0.2) is 4.98 Å². The minimum Gasteiger partial charge on any atom is -0.490 e. The molecule has 1 heterocycles. The van der Waals surface area contributed by atoms with E-state index < -0.39 is 0 Å². The molecular formula is C29H30N2O3S. The molecule has 1 aromatic heterocycles. The molecule has 180 valence electrons. The van der Waals surface area contributed by atoms with E-state index in [4.69, 9.17) is 14.5 Å². The summed E-state index contributed by atoms with van der Waals surface area (Å²) in [6, 6.07) is 21.3. The highest BCUT2D eigenvalue weighted by molar-refractivity contribution is 7.13. The van der Waals surface area contributed by atoms with Gasteiger partial charge in [-0.3, -0.25) is 4.79 Å². The molecule has 0 saturated heterocycles. The lowest BCUT2D eigenvalue weighted by molar-refractivity contribution is 0.102. The van der Waals surface area contributed by atoms with E-state index in [2.05, 4.69) is 36.7 Å². The van der Waals surface area contributed by atoms with Crippen LogP contribution in [0.3, 0.4) is 0 Å². The third-order valence-electron chi connectivity index (χ3n) is 5.58. The van der Waals surface area contributed by atoms with Gasteiger partial charge < -0.3 is 14.8 Å². The second-order valence-corrected chi connectivity index (χ2v) is 9.04. The number of hydrogen-bond acceptors (Lipinski definition) is 5. The lowest BCUT2D eigenvalue weighted by Gasteiger charge is -2.13. The first-order valence-corrected chi connectivity index (χ1v) is 12.8. The minimum atomic E-state index is -0.200. The molecule has 0 bridgehead atoms. The van der Waals surface area contributed by atoms with Gasteiger partial charge in [0.2, 0.25) is 0 Å². The van der Waals surface area contributed by atoms with Crippen LogP contribution in [0.1, 0.15) is 42.6 Å². The second-order valence-electron chi connectivity index (χ2n) is 8.18. The van der Waals surface area contributed by atoms with Gasteiger partial charge in [-0.15, -0.1) is 11.3 Å². The summed E-state index contributed by atoms with van der Waals surface area (Å²) in [5.74, 6) is 1.04. The van der Waals surface area contributed by atoms with Crippen molar-refractivity contribution in [3.63, 3.8) is 0 Å². The number of ether oxygens (including phenoxy) is 2. The molecule has 1 amide bonds. The Morgan fingerprint density at radius 1 is 0.971 bits per heavy atom. The molecule has 3 aromatic carbocycles. The summed E-state index contributed by atoms with van der Waals surface area (Å²) in [6.07, 6.45) is 2.03. The number of unbranched alkanes of at least 4 members (excludes halogenated alkanes) is 1. The van der Waals surface area contributed by atoms with E-state index in [0.29, 0.717) is 36.0 Å². The molecule has 5 nitrogen and oxygen atoms in total. The van der Waals surface area contributed by atoms with E-state index in [1.54, 1.807) is 29.5 Å². The van der Waals surface area contributed by atoms with Crippen LogP contribution in [0.25, 0.3) is 21.8 Å². The molecule has 0 aliphatic carbocycles. The largest absolute Gasteiger partial charge is 0.490 e. The monoisotopic (exact) mass is 486 g/mol. The van der Waals surface area contributed by atoms with Crippen LogP contribution in [-0.4, -0.2) is 24.1 Å². The Morgan fingerprint density at radius 2 is 1.77 bits per heavy atom. The van der Waals surface area contributed by atoms with Crippen molar-refractivity contribution in [1.82, 2.24) is 4.98 Å². The molecule has 1 N–H and O–H groups in total. The van der Waals surface area contributed by atoms with E-state index in [9.17, 15) is 4.79 Å². The number of thiazole rings is 1. The van der Waals surface area contributed by atoms with Crippen LogP contribution < -0.4 is 14.8 Å². The first-order valence-electron chi connectivity index (χ1n) is 11.9. The normalized spacial score (nSPS) is 10.7. The van der Waals surface area contributed by atoms with Crippen molar-refractivity contribution >= 4 is 22.9 Å². The van der Waals surface area contributed by atoms with Gasteiger partial charge in [-0.2, -0.15) is 0 Å². The maximum Gasteiger partial charge on any atom is 0.255 e. The molecular weight excluding hydrogens is 456 g/mol. The number of nitrogens with one attached hydrogen (secondary N) is 1. The van der Waals surface area contributed by atoms with Gasteiger partial charge in [0.1, 0.15) is 5.01 Å². The zero-order chi connectivity index (χ0) is 24.6. The van der Waals surface area contributed by atoms with Crippen molar-refractivity contribution in [1.29, 1.82) is 0 Å². The molecule has 4 rings (SSSR count). The number of nitrogens with zero attached hydrogens (tertiary/aromatic N) is 1. The number of amides is 1. The minimum absolute atomic E-state index is 0.200. The Morgan fingerprint density at radius 3 is 2.51 bits per heavy atom. The number of rotatable bonds is 10. The van der Waals surface area contributed by atoms with Gasteiger partial charge in [-0.1, -0.05) is 49.7 Å². The number of hydrogen-bond donors (Lipinski definition) is 1. The first kappa shape index (κ1) is 24.5. The average molecular weight is 487 g/mol. The molecule has 0 unspecified atom stereocenters. The highest BCUT2D eigenvalue weighted by Crippen LogP contribution is 2.32. The predicted molar refractivity (Wildman–Crippen MR) is 144 cm³/mol. The summed E-state index contributed by atoms with van der Waals surface area (Å²) in [5, 5.41) is 6.03. The van der Waals surface area contributed by atoms with Crippen LogP contribution in [0.15, 0.2) is 72.1 Å². The van der Waals surface area contributed by atoms with Crippen molar-refractivity contribution in [3.8, 4) is 33.3 Å². The van der Waals surface area contributed by atoms with Crippen molar-refractivity contribution < 1.29 is 14.3 Å². The fourth-order valence-corrected chi connectivity index (χ4v) is 4.55. The first-order chi connectivity index (χ1) is 17.1. The third kappa shape index (κ3) is 6.08. The fourth-order valence-electron chi connectivity index (χ4n) is 3.63. The Labute approximate surface area is 210 Å². The summed E-state index contributed by atoms with van der Waals surface area (Å²) in [7, 11) is 0. The smallest absolute Gasteiger partial charge is 0.255 e. The molecule has 0 fully saturated rings. The van der Waals surface area contributed by atoms with Crippen LogP contribution in [-0.2, 0) is 0 Å². The number of aromatic nitrogens is 1. The van der Waals surface area contributed by atoms with E-state index >= 15 is 0 Å². The summed E-state index contributed by atoms with van der Waals surface area (Å²) >= 11 is 1.63. The zero-order valence-electron chi connectivity index (χ0n) is 20.3. The maximum absolute atomic E-state index is 12.9. The van der Waals surface area contributed by atoms with Crippen molar-refractivity contribution in [2.24, 2.45) is 0 Å². The standard InChI is InChI=1S/C29H30N2O3S/c1-4-6-17-34-26-16-13-22(18-27(26)33-5-2)28(32)30-23-14-11-21(12-15-23)25-19-35-29(31-25)24-10-8-7-9-20(24)3/h7-16,18-19H,4-6,17H2,1-3H3,(H,30,32). The highest BCUT2D eigenvalue weighted by atomic mass is 32.1. The number of anilines is 1. The Balaban J connectivity index is 1.45. The summed E-state index contributed by atoms with van der Waals surface area (Å²) < 4.78 is 11.5. The summed E-state index contributed by atoms with van der Waals surface area (Å²) in [5.41, 5.74) is 5.52. The Kier molecular flexibility index (Phi) is 8.16. The average Bonchev–Trinajstić information content (AvgIpc) is 3.36. The van der Waals surface area contributed by atoms with Gasteiger partial charge in [0.05, 0.1) is 18.9 Å². The Hall–Kier alpha value is -3.64. The van der Waals surface area contributed by atoms with Crippen molar-refractivity contribution in [2.45, 2.75) is 33.6 Å². The summed E-state index contributed by atoms with van der Waals surface area (Å²) in [4.78, 5) is 17.7. The van der Waals surface area contributed by atoms with E-state index in [1.807, 2.05) is 43.3 Å². The number of aryl methyl sites for hydroxylation is 1. The van der Waals surface area contributed by atoms with Crippen LogP contribution in [0.4, 0.5) is 5.69 Å². The van der Waals surface area contributed by atoms with Crippen LogP contribution >= 0.6 is 11.3 Å². The topological polar surface area (TPSA) is 60.5 Å². The highest BCUT2D eigenvalue weighted by Gasteiger charge is 2.13. The van der Waals surface area contributed by atoms with Crippen LogP contribution in [0.5, 0.6) is 11.5 Å². The molecule has 0 atom stereocenters. The van der Waals surface area contributed by atoms with Crippen molar-refractivity contribution in [3.05, 3.63) is 83.2 Å². The SMILES string of the molecule is CCCCOc1ccc(C(=O)Nc2ccc(-c3csc(-c4ccccc4C)n3)cc2)cc1OCC. The lowest BCUT2D eigenvalue weighted by Crippen LogP contribution is -2.12. The molecule has 0 radical (unpaired) electrons. The van der Waals surface area contributed by atoms with E-state index in [-0.39, 0.29) is 5.91 Å². The molecule has 4 aromatic rings. The van der Waals surface area contributed by atoms with Gasteiger partial charge >= 0.3 is 0 Å². The van der Waals surface area contributed by atoms with Gasteiger partial charge in [0.25, 0.3) is 5.91 Å². The number of benzene rings is 3. The van der Waals surface area contributed by atoms with E-state index in [0.717, 1.165) is 34.7 Å². The molecule has 0 aliphatic rings. The third-order valence-corrected chi connectivity index (χ3v) is 6.45. The van der Waals surface area contributed by atoms with Crippen molar-refractivity contribution in [2.75, 3.05) is 18.5 Å². The van der Waals surface area contributed by atoms with Gasteiger partial charge in [0.15, 0.2) is 11.5 Å². The maximum atomic E-state index is 12.9. The zero-order valence-corrected chi connectivity index (χ0v) is 21.2. The number of carbonyl (C=O) groups excluding carboxylic acids is 1. The summed E-state index contributed by atoms with van der Waals surface area (Å²) in [6.45, 7) is 7.25. The molecule has 0 spiro atoms. The van der Waals surface area contributed by atoms with Crippen LogP contribution in [0, 0.1) is 6.92 Å². The molecule has 0 saturated carbocycles. The number of carbonyl (C=O) groups is 1. The van der Waals surface area contributed by atoms with Crippen LogP contribution in [0.2, 0.25) is 0 Å². The quantitative estimate of drug-likeness (QED) is 0.234. The van der Waals surface area contributed by atoms with Gasteiger partial charge in [-0.05, 0) is 56.2 Å². The van der Waals surface area contributed by atoms with Gasteiger partial charge in [0, 0.05) is 27.8 Å². The predicted octanol–water partition coefficient (Wildman–Crippen LogP) is 7.62. The van der Waals surface area contributed by atoms with E-state index in [1.165, 1.54) is 5.56 Å².